The van der Waals surface area contributed by atoms with Crippen LogP contribution in [-0.2, 0) is 0 Å². The molecule has 0 atom stereocenters. The van der Waals surface area contributed by atoms with Gasteiger partial charge in [-0.3, -0.25) is 0 Å². The van der Waals surface area contributed by atoms with Crippen molar-refractivity contribution in [2.75, 3.05) is 0 Å². The molecule has 0 N–H and O–H groups in total. The van der Waals surface area contributed by atoms with E-state index in [0.29, 0.717) is 12.8 Å². The lowest BCUT2D eigenvalue weighted by atomic mass is 9.77. The molecule has 0 bridgehead atoms. The van der Waals surface area contributed by atoms with E-state index in [4.69, 9.17) is 0 Å². The molecule has 0 saturated heterocycles. The van der Waals surface area contributed by atoms with Gasteiger partial charge in [0, 0.05) is 5.56 Å². The molecule has 0 aliphatic heterocycles. The van der Waals surface area contributed by atoms with Gasteiger partial charge in [-0.05, 0) is 57.2 Å². The molecule has 0 radical (unpaired) electrons. The number of aryl methyl sites for hydroxylation is 2. The van der Waals surface area contributed by atoms with Gasteiger partial charge < -0.3 is 0 Å². The molecule has 1 heterocycles. The number of hydrogen-bond acceptors (Lipinski definition) is 0. The Morgan fingerprint density at radius 2 is 1.83 bits per heavy atom. The zero-order valence-electron chi connectivity index (χ0n) is 17.9. The predicted octanol–water partition coefficient (Wildman–Crippen LogP) is 5.99. The van der Waals surface area contributed by atoms with Gasteiger partial charge in [0.15, 0.2) is 6.20 Å². The van der Waals surface area contributed by atoms with E-state index < -0.39 is 11.6 Å². The zero-order chi connectivity index (χ0) is 21.7. The van der Waals surface area contributed by atoms with E-state index >= 15 is 0 Å². The van der Waals surface area contributed by atoms with Crippen LogP contribution in [0.3, 0.4) is 0 Å². The van der Waals surface area contributed by atoms with Crippen LogP contribution in [0, 0.1) is 39.3 Å². The van der Waals surface area contributed by atoms with E-state index in [1.54, 1.807) is 0 Å². The normalized spacial score (nSPS) is 17.7. The standard InChI is InChI=1S/C26H28F3N/c1-17-13-18(2)19(3)23(14-17)24-22-8-7-20(15-21(22)9-12-30(24)4)16-25(26(27,28)29)10-5-6-11-25/h7-9,12-15H,4-6,10-11,16H2,1-3H3. The Bertz CT molecular complexity index is 1130. The Hall–Kier alpha value is -2.49. The Balaban J connectivity index is 1.79. The number of fused-ring (bicyclic) bond motifs is 1. The summed E-state index contributed by atoms with van der Waals surface area (Å²) in [6.07, 6.45) is 5.35. The molecule has 4 rings (SSSR count). The van der Waals surface area contributed by atoms with Gasteiger partial charge in [-0.1, -0.05) is 41.3 Å². The maximum absolute atomic E-state index is 13.9. The average molecular weight is 412 g/mol. The van der Waals surface area contributed by atoms with E-state index in [1.807, 2.05) is 35.1 Å². The third-order valence-corrected chi connectivity index (χ3v) is 6.86. The summed E-state index contributed by atoms with van der Waals surface area (Å²) in [7, 11) is 0. The van der Waals surface area contributed by atoms with Crippen molar-refractivity contribution in [1.29, 1.82) is 0 Å². The summed E-state index contributed by atoms with van der Waals surface area (Å²) in [4.78, 5) is 0. The molecule has 4 heteroatoms. The lowest BCUT2D eigenvalue weighted by molar-refractivity contribution is -0.486. The maximum Gasteiger partial charge on any atom is 0.394 e. The van der Waals surface area contributed by atoms with Gasteiger partial charge in [0.05, 0.1) is 5.41 Å². The smallest absolute Gasteiger partial charge is 0.214 e. The monoisotopic (exact) mass is 411 g/mol. The van der Waals surface area contributed by atoms with Gasteiger partial charge in [-0.15, -0.1) is 24.1 Å². The summed E-state index contributed by atoms with van der Waals surface area (Å²) in [5, 5.41) is 0.955. The molecule has 2 aromatic rings. The van der Waals surface area contributed by atoms with E-state index in [2.05, 4.69) is 39.6 Å². The van der Waals surface area contributed by atoms with Crippen molar-refractivity contribution in [3.63, 3.8) is 0 Å². The van der Waals surface area contributed by atoms with Crippen molar-refractivity contribution in [3.8, 4) is 11.3 Å². The van der Waals surface area contributed by atoms with Crippen molar-refractivity contribution in [2.45, 2.75) is 59.1 Å². The molecule has 158 valence electrons. The van der Waals surface area contributed by atoms with Gasteiger partial charge >= 0.3 is 6.18 Å². The predicted molar refractivity (Wildman–Crippen MR) is 114 cm³/mol. The molecule has 1 nitrogen and oxygen atoms in total. The van der Waals surface area contributed by atoms with Gasteiger partial charge in [-0.25, -0.2) is 4.24 Å². The van der Waals surface area contributed by atoms with Gasteiger partial charge in [0.25, 0.3) is 0 Å². The molecule has 0 amide bonds. The Morgan fingerprint density at radius 1 is 1.13 bits per heavy atom. The quantitative estimate of drug-likeness (QED) is 0.432. The SMILES string of the molecule is C=[n+]1ccc2c(c1-c1cc(C)cc(C)c1C)[CH-]C=C(CC1(C(F)(F)F)CCCC1)C=2. The largest absolute Gasteiger partial charge is 0.394 e. The lowest BCUT2D eigenvalue weighted by Crippen LogP contribution is -2.36. The number of benzene rings is 1. The second-order valence-corrected chi connectivity index (χ2v) is 8.97. The summed E-state index contributed by atoms with van der Waals surface area (Å²) in [6, 6.07) is 6.26. The van der Waals surface area contributed by atoms with E-state index in [-0.39, 0.29) is 19.3 Å². The summed E-state index contributed by atoms with van der Waals surface area (Å²) < 4.78 is 43.4. The van der Waals surface area contributed by atoms with Crippen LogP contribution in [0.4, 0.5) is 13.2 Å². The number of alkyl halides is 3. The molecule has 2 aliphatic rings. The van der Waals surface area contributed by atoms with Crippen LogP contribution in [-0.4, -0.2) is 6.18 Å². The van der Waals surface area contributed by atoms with Crippen LogP contribution >= 0.6 is 0 Å². The third-order valence-electron chi connectivity index (χ3n) is 6.86. The fourth-order valence-corrected chi connectivity index (χ4v) is 5.06. The van der Waals surface area contributed by atoms with E-state index in [9.17, 15) is 13.2 Å². The van der Waals surface area contributed by atoms with Crippen molar-refractivity contribution in [3.05, 3.63) is 76.7 Å². The van der Waals surface area contributed by atoms with Crippen LogP contribution in [0.1, 0.15) is 54.4 Å². The van der Waals surface area contributed by atoms with Crippen LogP contribution in [0.25, 0.3) is 17.3 Å². The minimum atomic E-state index is -4.16. The third kappa shape index (κ3) is 3.46. The van der Waals surface area contributed by atoms with Crippen molar-refractivity contribution < 1.29 is 17.4 Å². The van der Waals surface area contributed by atoms with Crippen molar-refractivity contribution >= 4 is 6.08 Å². The number of pyridine rings is 1. The van der Waals surface area contributed by atoms with Crippen molar-refractivity contribution in [2.24, 2.45) is 5.41 Å². The van der Waals surface area contributed by atoms with E-state index in [0.717, 1.165) is 27.6 Å². The molecule has 30 heavy (non-hydrogen) atoms. The summed E-state index contributed by atoms with van der Waals surface area (Å²) in [5.41, 5.74) is 5.88. The topological polar surface area (TPSA) is 5.90 Å². The first-order valence-electron chi connectivity index (χ1n) is 10.5. The number of halogens is 3. The highest BCUT2D eigenvalue weighted by atomic mass is 19.4. The summed E-state index contributed by atoms with van der Waals surface area (Å²) >= 11 is 0. The number of hydrogen-bond donors (Lipinski definition) is 0. The summed E-state index contributed by atoms with van der Waals surface area (Å²) in [6.45, 7) is 10.4. The first-order valence-corrected chi connectivity index (χ1v) is 10.5. The highest BCUT2D eigenvalue weighted by Gasteiger charge is 2.54. The molecule has 0 unspecified atom stereocenters. The molecule has 1 saturated carbocycles. The number of rotatable bonds is 3. The Labute approximate surface area is 176 Å². The highest BCUT2D eigenvalue weighted by Crippen LogP contribution is 2.54. The summed E-state index contributed by atoms with van der Waals surface area (Å²) in [5.74, 6) is 0. The Morgan fingerprint density at radius 3 is 2.50 bits per heavy atom. The lowest BCUT2D eigenvalue weighted by Gasteiger charge is -2.34. The number of aromatic nitrogens is 1. The molecular weight excluding hydrogens is 383 g/mol. The van der Waals surface area contributed by atoms with Crippen LogP contribution in [0.5, 0.6) is 0 Å². The molecule has 1 fully saturated rings. The van der Waals surface area contributed by atoms with Crippen LogP contribution in [0.2, 0.25) is 0 Å². The van der Waals surface area contributed by atoms with Crippen LogP contribution < -0.4 is 9.46 Å². The molecular formula is C26H28F3N. The maximum atomic E-state index is 13.9. The second kappa shape index (κ2) is 7.33. The van der Waals surface area contributed by atoms with E-state index in [1.165, 1.54) is 16.7 Å². The highest BCUT2D eigenvalue weighted by molar-refractivity contribution is 5.71. The Kier molecular flexibility index (Phi) is 5.08. The van der Waals surface area contributed by atoms with Gasteiger partial charge in [0.2, 0.25) is 0 Å². The first-order chi connectivity index (χ1) is 14.1. The minimum Gasteiger partial charge on any atom is -0.214 e. The zero-order valence-corrected chi connectivity index (χ0v) is 17.9. The minimum absolute atomic E-state index is 0.0592. The average Bonchev–Trinajstić information content (AvgIpc) is 3.15. The number of nitrogens with zero attached hydrogens (tertiary/aromatic N) is 1. The molecule has 1 aromatic carbocycles. The molecule has 1 aromatic heterocycles. The fraction of sp³-hybridized carbons (Fsp3) is 0.385. The van der Waals surface area contributed by atoms with Gasteiger partial charge in [0.1, 0.15) is 12.4 Å². The second-order valence-electron chi connectivity index (χ2n) is 8.97. The van der Waals surface area contributed by atoms with Crippen LogP contribution in [0.15, 0.2) is 36.0 Å². The first kappa shape index (κ1) is 20.8. The fourth-order valence-electron chi connectivity index (χ4n) is 5.06. The van der Waals surface area contributed by atoms with Crippen molar-refractivity contribution in [1.82, 2.24) is 0 Å². The molecule has 2 aliphatic carbocycles. The molecule has 0 spiro atoms. The van der Waals surface area contributed by atoms with Gasteiger partial charge in [-0.2, -0.15) is 13.2 Å². The number of allylic oxidation sites excluding steroid dienone is 2.